The average Bonchev–Trinajstić information content (AvgIpc) is 1.93. The van der Waals surface area contributed by atoms with Crippen molar-refractivity contribution in [1.29, 1.82) is 0 Å². The maximum absolute atomic E-state index is 9.38. The summed E-state index contributed by atoms with van der Waals surface area (Å²) in [7, 11) is 1.95. The van der Waals surface area contributed by atoms with Gasteiger partial charge in [-0.1, -0.05) is 20.8 Å². The van der Waals surface area contributed by atoms with E-state index in [4.69, 9.17) is 4.74 Å². The Bertz CT molecular complexity index is 165. The van der Waals surface area contributed by atoms with Gasteiger partial charge in [0.2, 0.25) is 0 Å². The van der Waals surface area contributed by atoms with Crippen molar-refractivity contribution in [3.05, 3.63) is 0 Å². The lowest BCUT2D eigenvalue weighted by atomic mass is 9.68. The standard InChI is InChI=1S/C10H21NO2/c1-9(2,3)8(11-4)10(5-12)6-13-7-10/h8,11-12H,5-7H2,1-4H3. The molecule has 1 atom stereocenters. The highest BCUT2D eigenvalue weighted by Crippen LogP contribution is 2.39. The Morgan fingerprint density at radius 2 is 2.00 bits per heavy atom. The lowest BCUT2D eigenvalue weighted by Crippen LogP contribution is -2.62. The van der Waals surface area contributed by atoms with Gasteiger partial charge in [-0.3, -0.25) is 0 Å². The lowest BCUT2D eigenvalue weighted by Gasteiger charge is -2.50. The van der Waals surface area contributed by atoms with E-state index in [1.807, 2.05) is 7.05 Å². The number of hydrogen-bond donors (Lipinski definition) is 2. The van der Waals surface area contributed by atoms with Crippen LogP contribution in [0, 0.1) is 10.8 Å². The number of aliphatic hydroxyl groups is 1. The molecule has 1 heterocycles. The van der Waals surface area contributed by atoms with Crippen LogP contribution in [-0.4, -0.2) is 38.0 Å². The van der Waals surface area contributed by atoms with E-state index in [0.717, 1.165) is 0 Å². The van der Waals surface area contributed by atoms with Gasteiger partial charge in [0.25, 0.3) is 0 Å². The maximum atomic E-state index is 9.38. The topological polar surface area (TPSA) is 41.5 Å². The van der Waals surface area contributed by atoms with Crippen molar-refractivity contribution in [3.8, 4) is 0 Å². The third-order valence-electron chi connectivity index (χ3n) is 2.86. The van der Waals surface area contributed by atoms with Crippen molar-refractivity contribution in [2.75, 3.05) is 26.9 Å². The molecule has 13 heavy (non-hydrogen) atoms. The van der Waals surface area contributed by atoms with Crippen LogP contribution in [0.1, 0.15) is 20.8 Å². The SMILES string of the molecule is CNC(C(C)(C)C)C1(CO)COC1. The first-order chi connectivity index (χ1) is 5.96. The molecule has 3 nitrogen and oxygen atoms in total. The van der Waals surface area contributed by atoms with Gasteiger partial charge in [-0.05, 0) is 12.5 Å². The molecular weight excluding hydrogens is 166 g/mol. The Labute approximate surface area is 80.5 Å². The highest BCUT2D eigenvalue weighted by Gasteiger charge is 2.49. The molecule has 78 valence electrons. The minimum atomic E-state index is -0.0625. The van der Waals surface area contributed by atoms with Crippen LogP contribution in [0.4, 0.5) is 0 Å². The largest absolute Gasteiger partial charge is 0.396 e. The highest BCUT2D eigenvalue weighted by molar-refractivity contribution is 5.00. The van der Waals surface area contributed by atoms with E-state index >= 15 is 0 Å². The van der Waals surface area contributed by atoms with Gasteiger partial charge in [0.1, 0.15) is 0 Å². The third-order valence-corrected chi connectivity index (χ3v) is 2.86. The molecule has 0 aromatic rings. The summed E-state index contributed by atoms with van der Waals surface area (Å²) >= 11 is 0. The zero-order valence-electron chi connectivity index (χ0n) is 9.05. The molecule has 2 N–H and O–H groups in total. The molecule has 0 saturated carbocycles. The highest BCUT2D eigenvalue weighted by atomic mass is 16.5. The molecular formula is C10H21NO2. The summed E-state index contributed by atoms with van der Waals surface area (Å²) in [4.78, 5) is 0. The molecule has 1 rings (SSSR count). The van der Waals surface area contributed by atoms with Crippen LogP contribution in [-0.2, 0) is 4.74 Å². The number of hydrogen-bond acceptors (Lipinski definition) is 3. The van der Waals surface area contributed by atoms with Gasteiger partial charge in [-0.2, -0.15) is 0 Å². The molecule has 1 aliphatic heterocycles. The first-order valence-electron chi connectivity index (χ1n) is 4.82. The molecule has 3 heteroatoms. The summed E-state index contributed by atoms with van der Waals surface area (Å²) in [5.74, 6) is 0. The summed E-state index contributed by atoms with van der Waals surface area (Å²) < 4.78 is 5.21. The monoisotopic (exact) mass is 187 g/mol. The predicted octanol–water partition coefficient (Wildman–Crippen LogP) is 0.629. The molecule has 0 spiro atoms. The van der Waals surface area contributed by atoms with Crippen LogP contribution in [0.3, 0.4) is 0 Å². The number of ether oxygens (including phenoxy) is 1. The fraction of sp³-hybridized carbons (Fsp3) is 1.00. The minimum absolute atomic E-state index is 0.0625. The molecule has 0 aliphatic carbocycles. The van der Waals surface area contributed by atoms with Crippen LogP contribution < -0.4 is 5.32 Å². The van der Waals surface area contributed by atoms with Crippen LogP contribution in [0.2, 0.25) is 0 Å². The summed E-state index contributed by atoms with van der Waals surface area (Å²) in [5, 5.41) is 12.7. The second-order valence-corrected chi connectivity index (χ2v) is 5.10. The molecule has 1 saturated heterocycles. The van der Waals surface area contributed by atoms with Crippen LogP contribution >= 0.6 is 0 Å². The van der Waals surface area contributed by atoms with Crippen molar-refractivity contribution in [1.82, 2.24) is 5.32 Å². The van der Waals surface area contributed by atoms with Crippen LogP contribution in [0.15, 0.2) is 0 Å². The first kappa shape index (κ1) is 11.0. The van der Waals surface area contributed by atoms with Gasteiger partial charge in [0.05, 0.1) is 25.2 Å². The maximum Gasteiger partial charge on any atom is 0.0582 e. The molecule has 0 aromatic heterocycles. The molecule has 0 aromatic carbocycles. The first-order valence-corrected chi connectivity index (χ1v) is 4.82. The second-order valence-electron chi connectivity index (χ2n) is 5.10. The minimum Gasteiger partial charge on any atom is -0.396 e. The number of nitrogens with one attached hydrogen (secondary N) is 1. The quantitative estimate of drug-likeness (QED) is 0.681. The van der Waals surface area contributed by atoms with Gasteiger partial charge in [0.15, 0.2) is 0 Å². The van der Waals surface area contributed by atoms with Crippen molar-refractivity contribution in [3.63, 3.8) is 0 Å². The Kier molecular flexibility index (Phi) is 3.00. The molecule has 0 amide bonds. The fourth-order valence-electron chi connectivity index (χ4n) is 2.37. The normalized spacial score (nSPS) is 23.8. The average molecular weight is 187 g/mol. The van der Waals surface area contributed by atoms with E-state index in [1.165, 1.54) is 0 Å². The van der Waals surface area contributed by atoms with Crippen molar-refractivity contribution < 1.29 is 9.84 Å². The van der Waals surface area contributed by atoms with Crippen molar-refractivity contribution >= 4 is 0 Å². The number of rotatable bonds is 3. The lowest BCUT2D eigenvalue weighted by molar-refractivity contribution is -0.169. The van der Waals surface area contributed by atoms with E-state index in [1.54, 1.807) is 0 Å². The van der Waals surface area contributed by atoms with E-state index in [9.17, 15) is 5.11 Å². The van der Waals surface area contributed by atoms with E-state index < -0.39 is 0 Å². The molecule has 0 bridgehead atoms. The second kappa shape index (κ2) is 3.56. The summed E-state index contributed by atoms with van der Waals surface area (Å²) in [5.41, 5.74) is 0.0915. The van der Waals surface area contributed by atoms with Gasteiger partial charge < -0.3 is 15.2 Å². The Morgan fingerprint density at radius 3 is 2.08 bits per heavy atom. The van der Waals surface area contributed by atoms with Crippen molar-refractivity contribution in [2.24, 2.45) is 10.8 Å². The summed E-state index contributed by atoms with van der Waals surface area (Å²) in [6.07, 6.45) is 0. The summed E-state index contributed by atoms with van der Waals surface area (Å²) in [6, 6.07) is 0.304. The van der Waals surface area contributed by atoms with E-state index in [0.29, 0.717) is 19.3 Å². The van der Waals surface area contributed by atoms with Gasteiger partial charge >= 0.3 is 0 Å². The summed E-state index contributed by atoms with van der Waals surface area (Å²) in [6.45, 7) is 8.10. The Balaban J connectivity index is 2.75. The Hall–Kier alpha value is -0.120. The third kappa shape index (κ3) is 1.87. The number of aliphatic hydroxyl groups excluding tert-OH is 1. The Morgan fingerprint density at radius 1 is 1.46 bits per heavy atom. The zero-order valence-corrected chi connectivity index (χ0v) is 9.05. The van der Waals surface area contributed by atoms with E-state index in [2.05, 4.69) is 26.1 Å². The van der Waals surface area contributed by atoms with Gasteiger partial charge in [-0.15, -0.1) is 0 Å². The smallest absolute Gasteiger partial charge is 0.0582 e. The van der Waals surface area contributed by atoms with Gasteiger partial charge in [-0.25, -0.2) is 0 Å². The van der Waals surface area contributed by atoms with Crippen LogP contribution in [0.5, 0.6) is 0 Å². The van der Waals surface area contributed by atoms with Gasteiger partial charge in [0, 0.05) is 6.04 Å². The zero-order chi connectivity index (χ0) is 10.1. The van der Waals surface area contributed by atoms with Crippen LogP contribution in [0.25, 0.3) is 0 Å². The molecule has 1 unspecified atom stereocenters. The molecule has 0 radical (unpaired) electrons. The fourth-order valence-corrected chi connectivity index (χ4v) is 2.37. The van der Waals surface area contributed by atoms with Crippen molar-refractivity contribution in [2.45, 2.75) is 26.8 Å². The van der Waals surface area contributed by atoms with E-state index in [-0.39, 0.29) is 17.4 Å². The predicted molar refractivity (Wildman–Crippen MR) is 52.6 cm³/mol. The molecule has 1 fully saturated rings. The molecule has 1 aliphatic rings.